The first-order valence-electron chi connectivity index (χ1n) is 4.05. The standard InChI is InChI=1S/C8H16.H3O4P/c1-5-8(4)6-7(2)3;1-5(2,3)4/h6,8H,5H2,1-4H3;(H3,1,2,3,4)/p-3. The maximum Gasteiger partial charge on any atom is -0.0262 e. The zero-order valence-corrected chi connectivity index (χ0v) is 9.34. The molecule has 0 aromatic rings. The molecular formula is C8H16O4P-3. The summed E-state index contributed by atoms with van der Waals surface area (Å²) in [4.78, 5) is 25.6. The lowest BCUT2D eigenvalue weighted by Gasteiger charge is -2.36. The van der Waals surface area contributed by atoms with E-state index in [1.807, 2.05) is 0 Å². The summed E-state index contributed by atoms with van der Waals surface area (Å²) >= 11 is 0. The molecule has 0 amide bonds. The number of hydrogen-bond acceptors (Lipinski definition) is 4. The second kappa shape index (κ2) is 7.27. The molecule has 4 nitrogen and oxygen atoms in total. The fourth-order valence-corrected chi connectivity index (χ4v) is 0.687. The number of rotatable bonds is 2. The largest absolute Gasteiger partial charge is 0.822 e. The summed E-state index contributed by atoms with van der Waals surface area (Å²) in [6.45, 7) is 8.75. The average molecular weight is 207 g/mol. The van der Waals surface area contributed by atoms with E-state index in [-0.39, 0.29) is 0 Å². The van der Waals surface area contributed by atoms with Gasteiger partial charge in [-0.3, -0.25) is 0 Å². The fourth-order valence-electron chi connectivity index (χ4n) is 0.687. The Hall–Kier alpha value is -0.150. The van der Waals surface area contributed by atoms with Crippen LogP contribution < -0.4 is 14.7 Å². The van der Waals surface area contributed by atoms with E-state index in [1.165, 1.54) is 12.0 Å². The van der Waals surface area contributed by atoms with Gasteiger partial charge in [-0.05, 0) is 19.8 Å². The molecule has 0 rings (SSSR count). The van der Waals surface area contributed by atoms with Crippen molar-refractivity contribution in [2.24, 2.45) is 5.92 Å². The van der Waals surface area contributed by atoms with Crippen molar-refractivity contribution >= 4 is 7.82 Å². The van der Waals surface area contributed by atoms with Crippen LogP contribution in [0.2, 0.25) is 0 Å². The molecule has 0 saturated carbocycles. The molecule has 1 unspecified atom stereocenters. The van der Waals surface area contributed by atoms with Crippen LogP contribution in [0.5, 0.6) is 0 Å². The van der Waals surface area contributed by atoms with E-state index in [0.29, 0.717) is 0 Å². The molecule has 0 aliphatic heterocycles. The summed E-state index contributed by atoms with van der Waals surface area (Å²) in [5, 5.41) is 0. The van der Waals surface area contributed by atoms with E-state index < -0.39 is 7.82 Å². The first-order valence-corrected chi connectivity index (χ1v) is 5.51. The van der Waals surface area contributed by atoms with E-state index in [2.05, 4.69) is 33.8 Å². The van der Waals surface area contributed by atoms with E-state index in [9.17, 15) is 0 Å². The highest BCUT2D eigenvalue weighted by molar-refractivity contribution is 7.40. The summed E-state index contributed by atoms with van der Waals surface area (Å²) < 4.78 is 8.55. The van der Waals surface area contributed by atoms with Gasteiger partial charge in [0.1, 0.15) is 0 Å². The van der Waals surface area contributed by atoms with Crippen LogP contribution >= 0.6 is 7.82 Å². The van der Waals surface area contributed by atoms with Crippen LogP contribution in [0, 0.1) is 5.92 Å². The van der Waals surface area contributed by atoms with Crippen LogP contribution in [0.1, 0.15) is 34.1 Å². The maximum absolute atomic E-state index is 8.55. The van der Waals surface area contributed by atoms with Crippen LogP contribution in [0.25, 0.3) is 0 Å². The lowest BCUT2D eigenvalue weighted by molar-refractivity contribution is -0.432. The normalized spacial score (nSPS) is 12.5. The Balaban J connectivity index is 0. The second-order valence-corrected chi connectivity index (χ2v) is 3.97. The minimum absolute atomic E-state index is 0.764. The van der Waals surface area contributed by atoms with Gasteiger partial charge < -0.3 is 19.2 Å². The van der Waals surface area contributed by atoms with Gasteiger partial charge in [-0.25, -0.2) is 0 Å². The van der Waals surface area contributed by atoms with Crippen molar-refractivity contribution < 1.29 is 19.2 Å². The summed E-state index contributed by atoms with van der Waals surface area (Å²) in [6, 6.07) is 0. The third-order valence-electron chi connectivity index (χ3n) is 1.26. The predicted molar refractivity (Wildman–Crippen MR) is 46.5 cm³/mol. The molecule has 0 radical (unpaired) electrons. The van der Waals surface area contributed by atoms with Crippen molar-refractivity contribution in [2.75, 3.05) is 0 Å². The zero-order chi connectivity index (χ0) is 11.1. The Morgan fingerprint density at radius 2 is 1.69 bits per heavy atom. The first kappa shape index (κ1) is 15.3. The van der Waals surface area contributed by atoms with Gasteiger partial charge >= 0.3 is 0 Å². The van der Waals surface area contributed by atoms with E-state index >= 15 is 0 Å². The van der Waals surface area contributed by atoms with Crippen molar-refractivity contribution in [2.45, 2.75) is 34.1 Å². The fraction of sp³-hybridized carbons (Fsp3) is 0.750. The highest BCUT2D eigenvalue weighted by Crippen LogP contribution is 2.04. The van der Waals surface area contributed by atoms with E-state index in [0.717, 1.165) is 5.92 Å². The van der Waals surface area contributed by atoms with Crippen LogP contribution in [0.15, 0.2) is 11.6 Å². The Morgan fingerprint density at radius 1 is 1.38 bits per heavy atom. The molecule has 1 atom stereocenters. The lowest BCUT2D eigenvalue weighted by atomic mass is 10.1. The first-order chi connectivity index (χ1) is 5.66. The Morgan fingerprint density at radius 3 is 1.77 bits per heavy atom. The van der Waals surface area contributed by atoms with Gasteiger partial charge in [0.05, 0.1) is 0 Å². The molecule has 0 heterocycles. The second-order valence-electron chi connectivity index (χ2n) is 3.08. The summed E-state index contributed by atoms with van der Waals surface area (Å²) in [7, 11) is -5.39. The molecule has 0 N–H and O–H groups in total. The van der Waals surface area contributed by atoms with Crippen molar-refractivity contribution in [3.8, 4) is 0 Å². The van der Waals surface area contributed by atoms with Crippen molar-refractivity contribution in [1.82, 2.24) is 0 Å². The van der Waals surface area contributed by atoms with Gasteiger partial charge in [0.15, 0.2) is 0 Å². The molecule has 0 fully saturated rings. The van der Waals surface area contributed by atoms with Crippen LogP contribution in [-0.2, 0) is 4.57 Å². The van der Waals surface area contributed by atoms with Gasteiger partial charge in [0.2, 0.25) is 0 Å². The topological polar surface area (TPSA) is 86.2 Å². The van der Waals surface area contributed by atoms with Crippen molar-refractivity contribution in [3.63, 3.8) is 0 Å². The maximum atomic E-state index is 8.55. The molecule has 0 aromatic heterocycles. The molecule has 5 heteroatoms. The Labute approximate surface area is 79.5 Å². The van der Waals surface area contributed by atoms with Gasteiger partial charge in [0, 0.05) is 0 Å². The molecule has 0 saturated heterocycles. The smallest absolute Gasteiger partial charge is 0.0262 e. The molecule has 0 spiro atoms. The highest BCUT2D eigenvalue weighted by Gasteiger charge is 1.89. The predicted octanol–water partition coefficient (Wildman–Crippen LogP) is 0.174. The quantitative estimate of drug-likeness (QED) is 0.477. The minimum atomic E-state index is -5.39. The lowest BCUT2D eigenvalue weighted by Crippen LogP contribution is -2.24. The zero-order valence-electron chi connectivity index (χ0n) is 8.44. The van der Waals surface area contributed by atoms with E-state index in [1.54, 1.807) is 0 Å². The third kappa shape index (κ3) is 33.6. The monoisotopic (exact) mass is 207 g/mol. The number of phosphoric acid groups is 1. The molecular weight excluding hydrogens is 191 g/mol. The van der Waals surface area contributed by atoms with E-state index in [4.69, 9.17) is 19.2 Å². The number of allylic oxidation sites excluding steroid dienone is 2. The molecule has 0 bridgehead atoms. The van der Waals surface area contributed by atoms with Crippen LogP contribution in [0.3, 0.4) is 0 Å². The minimum Gasteiger partial charge on any atom is -0.822 e. The average Bonchev–Trinajstić information content (AvgIpc) is 1.82. The van der Waals surface area contributed by atoms with Crippen molar-refractivity contribution in [3.05, 3.63) is 11.6 Å². The van der Waals surface area contributed by atoms with Gasteiger partial charge in [0.25, 0.3) is 0 Å². The third-order valence-corrected chi connectivity index (χ3v) is 1.26. The molecule has 0 aliphatic carbocycles. The summed E-state index contributed by atoms with van der Waals surface area (Å²) in [6.07, 6.45) is 3.56. The SMILES string of the molecule is CCC(C)C=C(C)C.O=P([O-])([O-])[O-]. The highest BCUT2D eigenvalue weighted by atomic mass is 31.2. The summed E-state index contributed by atoms with van der Waals surface area (Å²) in [5.74, 6) is 0.764. The molecule has 13 heavy (non-hydrogen) atoms. The van der Waals surface area contributed by atoms with Crippen molar-refractivity contribution in [1.29, 1.82) is 0 Å². The Kier molecular flexibility index (Phi) is 8.57. The molecule has 80 valence electrons. The van der Waals surface area contributed by atoms with Gasteiger partial charge in [-0.15, -0.1) is 0 Å². The number of hydrogen-bond donors (Lipinski definition) is 0. The summed E-state index contributed by atoms with van der Waals surface area (Å²) in [5.41, 5.74) is 1.43. The Bertz CT molecular complexity index is 182. The molecule has 0 aromatic carbocycles. The molecule has 0 aliphatic rings. The van der Waals surface area contributed by atoms with Gasteiger partial charge in [-0.1, -0.05) is 31.9 Å². The van der Waals surface area contributed by atoms with Gasteiger partial charge in [-0.2, -0.15) is 7.82 Å². The van der Waals surface area contributed by atoms with Crippen LogP contribution in [0.4, 0.5) is 0 Å². The van der Waals surface area contributed by atoms with Crippen LogP contribution in [-0.4, -0.2) is 0 Å².